The number of aromatic nitrogens is 1. The number of phenolic OH excluding ortho intramolecular Hbond substituents is 1. The first-order valence-electron chi connectivity index (χ1n) is 21.4. The van der Waals surface area contributed by atoms with E-state index in [0.717, 1.165) is 76.4 Å². The van der Waals surface area contributed by atoms with Gasteiger partial charge in [0.2, 0.25) is 0 Å². The van der Waals surface area contributed by atoms with Crippen LogP contribution in [0.3, 0.4) is 0 Å². The predicted molar refractivity (Wildman–Crippen MR) is 248 cm³/mol. The van der Waals surface area contributed by atoms with E-state index < -0.39 is 0 Å². The first-order valence-corrected chi connectivity index (χ1v) is 21.8. The standard InChI is InChI=1S/C53H56N2O4S/c1-37-9-5-7-31-55(37)46-22-14-42(15-23-46)35-50-49(28-29-53(59-39(3)56)51(50)36-43-18-26-48(27-19-43)58-32-8-10-38(2)60)45(34-41-16-24-47(57)25-17-41)33-40-12-20-44(21-13-40)52-11-4-6-30-54-52/h4,6,11-30,37,45,57H,5,7-10,31-36H2,1-3H3. The maximum atomic E-state index is 12.7. The van der Waals surface area contributed by atoms with Crippen molar-refractivity contribution in [1.82, 2.24) is 4.98 Å². The van der Waals surface area contributed by atoms with Crippen LogP contribution in [0.15, 0.2) is 134 Å². The van der Waals surface area contributed by atoms with Gasteiger partial charge in [0.05, 0.1) is 12.3 Å². The van der Waals surface area contributed by atoms with Crippen LogP contribution in [-0.2, 0) is 30.5 Å². The zero-order chi connectivity index (χ0) is 41.8. The molecule has 2 atom stereocenters. The lowest BCUT2D eigenvalue weighted by Crippen LogP contribution is -2.37. The number of hydrogen-bond acceptors (Lipinski definition) is 7. The van der Waals surface area contributed by atoms with Gasteiger partial charge in [0.15, 0.2) is 0 Å². The van der Waals surface area contributed by atoms with Gasteiger partial charge in [-0.05, 0) is 164 Å². The summed E-state index contributed by atoms with van der Waals surface area (Å²) in [6.07, 6.45) is 10.1. The Morgan fingerprint density at radius 2 is 1.43 bits per heavy atom. The fraction of sp³-hybridized carbons (Fsp3) is 0.302. The van der Waals surface area contributed by atoms with Crippen LogP contribution in [0.5, 0.6) is 17.2 Å². The predicted octanol–water partition coefficient (Wildman–Crippen LogP) is 12.1. The summed E-state index contributed by atoms with van der Waals surface area (Å²) in [4.78, 5) is 20.8. The van der Waals surface area contributed by atoms with E-state index in [9.17, 15) is 9.90 Å². The number of rotatable bonds is 17. The number of piperidine rings is 1. The maximum absolute atomic E-state index is 12.7. The number of hydrogen-bond donors (Lipinski definition) is 1. The quantitative estimate of drug-likeness (QED) is 0.0425. The molecule has 2 heterocycles. The van der Waals surface area contributed by atoms with Gasteiger partial charge in [-0.2, -0.15) is 0 Å². The van der Waals surface area contributed by atoms with Gasteiger partial charge in [0.25, 0.3) is 0 Å². The molecule has 0 spiro atoms. The van der Waals surface area contributed by atoms with E-state index in [1.54, 1.807) is 12.1 Å². The summed E-state index contributed by atoms with van der Waals surface area (Å²) < 4.78 is 12.1. The van der Waals surface area contributed by atoms with Crippen LogP contribution in [0.25, 0.3) is 11.3 Å². The monoisotopic (exact) mass is 816 g/mol. The van der Waals surface area contributed by atoms with Crippen LogP contribution in [0, 0.1) is 0 Å². The molecule has 7 rings (SSSR count). The minimum Gasteiger partial charge on any atom is -0.508 e. The lowest BCUT2D eigenvalue weighted by Gasteiger charge is -2.35. The Labute approximate surface area is 361 Å². The smallest absolute Gasteiger partial charge is 0.308 e. The summed E-state index contributed by atoms with van der Waals surface area (Å²) in [7, 11) is 0. The highest BCUT2D eigenvalue weighted by molar-refractivity contribution is 7.80. The Balaban J connectivity index is 1.29. The van der Waals surface area contributed by atoms with Crippen molar-refractivity contribution in [1.29, 1.82) is 0 Å². The molecule has 7 heteroatoms. The summed E-state index contributed by atoms with van der Waals surface area (Å²) >= 11 is 5.25. The van der Waals surface area contributed by atoms with Gasteiger partial charge in [-0.25, -0.2) is 0 Å². The van der Waals surface area contributed by atoms with Crippen molar-refractivity contribution in [3.05, 3.63) is 173 Å². The van der Waals surface area contributed by atoms with Gasteiger partial charge in [-0.15, -0.1) is 0 Å². The molecule has 0 saturated carbocycles. The number of carbonyl (C=O) groups is 1. The lowest BCUT2D eigenvalue weighted by molar-refractivity contribution is -0.131. The fourth-order valence-electron chi connectivity index (χ4n) is 8.47. The molecule has 0 bridgehead atoms. The molecule has 1 aromatic heterocycles. The second kappa shape index (κ2) is 20.5. The van der Waals surface area contributed by atoms with Crippen molar-refractivity contribution in [3.8, 4) is 28.5 Å². The second-order valence-electron chi connectivity index (χ2n) is 16.2. The van der Waals surface area contributed by atoms with Gasteiger partial charge in [-0.3, -0.25) is 9.78 Å². The van der Waals surface area contributed by atoms with Crippen LogP contribution >= 0.6 is 12.2 Å². The van der Waals surface area contributed by atoms with Crippen molar-refractivity contribution in [2.45, 2.75) is 90.5 Å². The summed E-state index contributed by atoms with van der Waals surface area (Å²) in [5.74, 6) is 1.37. The van der Waals surface area contributed by atoms with Crippen molar-refractivity contribution in [3.63, 3.8) is 0 Å². The number of thiocarbonyl (C=S) groups is 1. The number of anilines is 1. The Hall–Kier alpha value is -5.79. The molecule has 0 radical (unpaired) electrons. The minimum atomic E-state index is -0.348. The Morgan fingerprint density at radius 1 is 0.783 bits per heavy atom. The van der Waals surface area contributed by atoms with Crippen molar-refractivity contribution >= 4 is 28.7 Å². The highest BCUT2D eigenvalue weighted by atomic mass is 32.1. The Morgan fingerprint density at radius 3 is 2.07 bits per heavy atom. The highest BCUT2D eigenvalue weighted by Gasteiger charge is 2.24. The molecular formula is C53H56N2O4S. The highest BCUT2D eigenvalue weighted by Crippen LogP contribution is 2.38. The molecule has 6 nitrogen and oxygen atoms in total. The largest absolute Gasteiger partial charge is 0.508 e. The van der Waals surface area contributed by atoms with E-state index in [4.69, 9.17) is 21.7 Å². The summed E-state index contributed by atoms with van der Waals surface area (Å²) in [6, 6.07) is 44.3. The molecule has 1 saturated heterocycles. The Bertz CT molecular complexity index is 2330. The van der Waals surface area contributed by atoms with E-state index in [2.05, 4.69) is 83.5 Å². The van der Waals surface area contributed by atoms with Crippen LogP contribution in [-0.4, -0.2) is 40.1 Å². The third kappa shape index (κ3) is 11.5. The number of esters is 1. The molecule has 1 fully saturated rings. The number of ether oxygens (including phenoxy) is 2. The molecule has 1 aliphatic heterocycles. The van der Waals surface area contributed by atoms with Gasteiger partial charge in [0, 0.05) is 48.9 Å². The molecule has 5 aromatic carbocycles. The molecule has 60 heavy (non-hydrogen) atoms. The summed E-state index contributed by atoms with van der Waals surface area (Å²) in [5, 5.41) is 10.2. The van der Waals surface area contributed by atoms with Gasteiger partial charge < -0.3 is 19.5 Å². The first kappa shape index (κ1) is 42.3. The van der Waals surface area contributed by atoms with E-state index in [1.165, 1.54) is 48.6 Å². The Kier molecular flexibility index (Phi) is 14.4. The molecule has 6 aromatic rings. The van der Waals surface area contributed by atoms with Crippen molar-refractivity contribution < 1.29 is 19.4 Å². The average Bonchev–Trinajstić information content (AvgIpc) is 3.25. The number of pyridine rings is 1. The van der Waals surface area contributed by atoms with Gasteiger partial charge in [-0.1, -0.05) is 85.0 Å². The van der Waals surface area contributed by atoms with Gasteiger partial charge in [0.1, 0.15) is 17.2 Å². The number of nitrogens with zero attached hydrogens (tertiary/aromatic N) is 2. The van der Waals surface area contributed by atoms with E-state index in [1.807, 2.05) is 61.7 Å². The van der Waals surface area contributed by atoms with Crippen LogP contribution in [0.1, 0.15) is 97.7 Å². The molecule has 0 aliphatic carbocycles. The second-order valence-corrected chi connectivity index (χ2v) is 16.9. The first-order chi connectivity index (χ1) is 29.2. The number of aromatic hydroxyl groups is 1. The van der Waals surface area contributed by atoms with Crippen molar-refractivity contribution in [2.24, 2.45) is 0 Å². The average molecular weight is 817 g/mol. The molecule has 1 N–H and O–H groups in total. The zero-order valence-electron chi connectivity index (χ0n) is 35.1. The third-order valence-electron chi connectivity index (χ3n) is 11.6. The van der Waals surface area contributed by atoms with E-state index >= 15 is 0 Å². The minimum absolute atomic E-state index is 0.0654. The molecule has 308 valence electrons. The third-order valence-corrected chi connectivity index (χ3v) is 11.8. The van der Waals surface area contributed by atoms with E-state index in [0.29, 0.717) is 31.2 Å². The molecule has 0 amide bonds. The summed E-state index contributed by atoms with van der Waals surface area (Å²) in [5.41, 5.74) is 11.3. The fourth-order valence-corrected chi connectivity index (χ4v) is 8.62. The number of benzene rings is 5. The zero-order valence-corrected chi connectivity index (χ0v) is 35.9. The molecule has 2 unspecified atom stereocenters. The number of carbonyl (C=O) groups excluding carboxylic acids is 1. The number of phenols is 1. The molecular weight excluding hydrogens is 761 g/mol. The van der Waals surface area contributed by atoms with Crippen LogP contribution in [0.2, 0.25) is 0 Å². The van der Waals surface area contributed by atoms with Crippen molar-refractivity contribution in [2.75, 3.05) is 18.1 Å². The normalized spacial score (nSPS) is 14.4. The summed E-state index contributed by atoms with van der Waals surface area (Å²) in [6.45, 7) is 7.46. The van der Waals surface area contributed by atoms with Crippen LogP contribution < -0.4 is 14.4 Å². The maximum Gasteiger partial charge on any atom is 0.308 e. The van der Waals surface area contributed by atoms with E-state index in [-0.39, 0.29) is 17.6 Å². The molecule has 1 aliphatic rings. The topological polar surface area (TPSA) is 71.9 Å². The van der Waals surface area contributed by atoms with Gasteiger partial charge >= 0.3 is 5.97 Å². The lowest BCUT2D eigenvalue weighted by atomic mass is 9.80. The SMILES string of the molecule is CC(=O)Oc1ccc(C(Cc2ccc(O)cc2)Cc2ccc(-c3ccccn3)cc2)c(Cc2ccc(N3CCCCC3C)cc2)c1Cc1ccc(OCCCC(C)=S)cc1. The van der Waals surface area contributed by atoms with Crippen LogP contribution in [0.4, 0.5) is 5.69 Å².